The van der Waals surface area contributed by atoms with E-state index in [1.807, 2.05) is 97.1 Å². The van der Waals surface area contributed by atoms with Crippen molar-refractivity contribution in [3.63, 3.8) is 0 Å². The number of rotatable bonds is 5. The summed E-state index contributed by atoms with van der Waals surface area (Å²) in [7, 11) is 0. The molecule has 4 amide bonds. The summed E-state index contributed by atoms with van der Waals surface area (Å²) in [5.41, 5.74) is 10.6. The van der Waals surface area contributed by atoms with Crippen molar-refractivity contribution in [1.82, 2.24) is 10.9 Å². The van der Waals surface area contributed by atoms with Crippen LogP contribution in [0.4, 0.5) is 32.3 Å². The van der Waals surface area contributed by atoms with Gasteiger partial charge in [-0.25, -0.2) is 20.0 Å². The first-order valence-corrected chi connectivity index (χ1v) is 10.4. The van der Waals surface area contributed by atoms with Crippen LogP contribution in [-0.2, 0) is 0 Å². The minimum absolute atomic E-state index is 0.450. The smallest absolute Gasteiger partial charge is 0.297 e. The van der Waals surface area contributed by atoms with Gasteiger partial charge >= 0.3 is 12.1 Å². The summed E-state index contributed by atoms with van der Waals surface area (Å²) in [5.74, 6) is 0. The predicted octanol–water partition coefficient (Wildman–Crippen LogP) is 5.69. The monoisotopic (exact) mass is 437 g/mol. The fourth-order valence-electron chi connectivity index (χ4n) is 3.20. The maximum atomic E-state index is 13.8. The molecule has 0 radical (unpaired) electrons. The SMILES string of the molecule is O=C(NNc1ccccc1)NN(C(=O)N(c1ccccc1)c1ccccc1)c1ccccc1. The Labute approximate surface area is 192 Å². The first-order chi connectivity index (χ1) is 16.2. The lowest BCUT2D eigenvalue weighted by molar-refractivity contribution is 0.235. The molecule has 0 heterocycles. The molecule has 3 N–H and O–H groups in total. The summed E-state index contributed by atoms with van der Waals surface area (Å²) in [4.78, 5) is 28.1. The van der Waals surface area contributed by atoms with Gasteiger partial charge in [-0.05, 0) is 48.5 Å². The molecule has 4 aromatic rings. The van der Waals surface area contributed by atoms with E-state index < -0.39 is 12.1 Å². The number of urea groups is 2. The number of hydrogen-bond donors (Lipinski definition) is 3. The highest BCUT2D eigenvalue weighted by Crippen LogP contribution is 2.27. The molecule has 7 nitrogen and oxygen atoms in total. The Morgan fingerprint density at radius 3 is 1.45 bits per heavy atom. The number of anilines is 4. The molecule has 4 rings (SSSR count). The van der Waals surface area contributed by atoms with E-state index in [2.05, 4.69) is 16.3 Å². The Bertz CT molecular complexity index is 1130. The number of carbonyl (C=O) groups is 2. The lowest BCUT2D eigenvalue weighted by Crippen LogP contribution is -2.55. The molecule has 0 aliphatic carbocycles. The van der Waals surface area contributed by atoms with Gasteiger partial charge in [0.25, 0.3) is 0 Å². The third-order valence-corrected chi connectivity index (χ3v) is 4.73. The Morgan fingerprint density at radius 2 is 0.970 bits per heavy atom. The quantitative estimate of drug-likeness (QED) is 0.351. The van der Waals surface area contributed by atoms with Crippen LogP contribution in [0.1, 0.15) is 0 Å². The normalized spacial score (nSPS) is 10.1. The summed E-state index contributed by atoms with van der Waals surface area (Å²) >= 11 is 0. The highest BCUT2D eigenvalue weighted by molar-refractivity contribution is 6.09. The molecule has 33 heavy (non-hydrogen) atoms. The highest BCUT2D eigenvalue weighted by atomic mass is 16.2. The molecule has 0 saturated carbocycles. The van der Waals surface area contributed by atoms with Crippen LogP contribution in [0.2, 0.25) is 0 Å². The average Bonchev–Trinajstić information content (AvgIpc) is 2.88. The maximum Gasteiger partial charge on any atom is 0.352 e. The summed E-state index contributed by atoms with van der Waals surface area (Å²) in [6.07, 6.45) is 0. The van der Waals surface area contributed by atoms with E-state index in [1.165, 1.54) is 9.91 Å². The maximum absolute atomic E-state index is 13.8. The van der Waals surface area contributed by atoms with Gasteiger partial charge in [0.15, 0.2) is 0 Å². The van der Waals surface area contributed by atoms with Gasteiger partial charge in [0.05, 0.1) is 22.7 Å². The lowest BCUT2D eigenvalue weighted by Gasteiger charge is -2.31. The molecule has 0 aliphatic heterocycles. The number of para-hydroxylation sites is 4. The molecule has 0 saturated heterocycles. The van der Waals surface area contributed by atoms with Gasteiger partial charge in [-0.2, -0.15) is 0 Å². The van der Waals surface area contributed by atoms with Crippen LogP contribution < -0.4 is 26.2 Å². The zero-order valence-electron chi connectivity index (χ0n) is 17.8. The van der Waals surface area contributed by atoms with Gasteiger partial charge in [-0.1, -0.05) is 72.8 Å². The molecule has 0 fully saturated rings. The van der Waals surface area contributed by atoms with Crippen LogP contribution in [0.5, 0.6) is 0 Å². The van der Waals surface area contributed by atoms with Crippen molar-refractivity contribution in [3.8, 4) is 0 Å². The van der Waals surface area contributed by atoms with E-state index in [0.717, 1.165) is 0 Å². The number of hydrazine groups is 2. The molecule has 164 valence electrons. The fraction of sp³-hybridized carbons (Fsp3) is 0. The lowest BCUT2D eigenvalue weighted by atomic mass is 10.2. The summed E-state index contributed by atoms with van der Waals surface area (Å²) in [6, 6.07) is 35.6. The number of nitrogens with one attached hydrogen (secondary N) is 3. The minimum Gasteiger partial charge on any atom is -0.297 e. The number of benzene rings is 4. The third kappa shape index (κ3) is 5.48. The standard InChI is InChI=1S/C26H23N5O2/c32-25(28-27-21-13-5-1-6-14-21)29-31(24-19-11-4-12-20-24)26(33)30(22-15-7-2-8-16-22)23-17-9-3-10-18-23/h1-20,27H,(H2,28,29,32). The summed E-state index contributed by atoms with van der Waals surface area (Å²) in [5, 5.41) is 1.21. The molecule has 0 aromatic heterocycles. The van der Waals surface area contributed by atoms with E-state index in [1.54, 1.807) is 24.3 Å². The Morgan fingerprint density at radius 1 is 0.545 bits per heavy atom. The van der Waals surface area contributed by atoms with Crippen LogP contribution in [0.15, 0.2) is 121 Å². The number of amides is 4. The third-order valence-electron chi connectivity index (χ3n) is 4.73. The molecule has 4 aromatic carbocycles. The molecular weight excluding hydrogens is 414 g/mol. The Balaban J connectivity index is 1.62. The largest absolute Gasteiger partial charge is 0.352 e. The number of nitrogens with zero attached hydrogens (tertiary/aromatic N) is 2. The average molecular weight is 438 g/mol. The second-order valence-corrected chi connectivity index (χ2v) is 7.02. The first-order valence-electron chi connectivity index (χ1n) is 10.4. The predicted molar refractivity (Wildman–Crippen MR) is 131 cm³/mol. The number of hydrogen-bond acceptors (Lipinski definition) is 3. The van der Waals surface area contributed by atoms with Crippen LogP contribution in [0.3, 0.4) is 0 Å². The molecule has 0 atom stereocenters. The van der Waals surface area contributed by atoms with Crippen molar-refractivity contribution >= 4 is 34.8 Å². The molecule has 0 aliphatic rings. The van der Waals surface area contributed by atoms with Gasteiger partial charge < -0.3 is 0 Å². The molecule has 0 spiro atoms. The van der Waals surface area contributed by atoms with Crippen LogP contribution >= 0.6 is 0 Å². The van der Waals surface area contributed by atoms with E-state index >= 15 is 0 Å². The molecule has 0 bridgehead atoms. The second-order valence-electron chi connectivity index (χ2n) is 7.02. The van der Waals surface area contributed by atoms with Gasteiger partial charge in [0.2, 0.25) is 0 Å². The van der Waals surface area contributed by atoms with Crippen molar-refractivity contribution < 1.29 is 9.59 Å². The van der Waals surface area contributed by atoms with Crippen molar-refractivity contribution in [3.05, 3.63) is 121 Å². The van der Waals surface area contributed by atoms with Crippen LogP contribution in [0.25, 0.3) is 0 Å². The molecule has 7 heteroatoms. The van der Waals surface area contributed by atoms with E-state index in [-0.39, 0.29) is 0 Å². The summed E-state index contributed by atoms with van der Waals surface area (Å²) in [6.45, 7) is 0. The van der Waals surface area contributed by atoms with Gasteiger partial charge in [0, 0.05) is 0 Å². The Kier molecular flexibility index (Phi) is 6.82. The topological polar surface area (TPSA) is 76.7 Å². The van der Waals surface area contributed by atoms with Crippen molar-refractivity contribution in [2.45, 2.75) is 0 Å². The Hall–Kier alpha value is -4.78. The van der Waals surface area contributed by atoms with Gasteiger partial charge in [-0.15, -0.1) is 0 Å². The van der Waals surface area contributed by atoms with Crippen LogP contribution in [-0.4, -0.2) is 12.1 Å². The molecule has 0 unspecified atom stereocenters. The summed E-state index contributed by atoms with van der Waals surface area (Å²) < 4.78 is 0. The zero-order chi connectivity index (χ0) is 22.9. The highest BCUT2D eigenvalue weighted by Gasteiger charge is 2.27. The van der Waals surface area contributed by atoms with Crippen molar-refractivity contribution in [2.24, 2.45) is 0 Å². The van der Waals surface area contributed by atoms with E-state index in [9.17, 15) is 9.59 Å². The van der Waals surface area contributed by atoms with Crippen LogP contribution in [0, 0.1) is 0 Å². The van der Waals surface area contributed by atoms with E-state index in [4.69, 9.17) is 0 Å². The van der Waals surface area contributed by atoms with Crippen molar-refractivity contribution in [2.75, 3.05) is 15.3 Å². The zero-order valence-corrected chi connectivity index (χ0v) is 17.8. The first kappa shape index (κ1) is 21.5. The minimum atomic E-state index is -0.600. The fourth-order valence-corrected chi connectivity index (χ4v) is 3.20. The second kappa shape index (κ2) is 10.5. The van der Waals surface area contributed by atoms with Crippen molar-refractivity contribution in [1.29, 1.82) is 0 Å². The number of carbonyl (C=O) groups excluding carboxylic acids is 2. The van der Waals surface area contributed by atoms with E-state index in [0.29, 0.717) is 22.7 Å². The van der Waals surface area contributed by atoms with Gasteiger partial charge in [-0.3, -0.25) is 15.8 Å². The molecular formula is C26H23N5O2. The van der Waals surface area contributed by atoms with Gasteiger partial charge in [0.1, 0.15) is 0 Å².